The van der Waals surface area contributed by atoms with Crippen molar-refractivity contribution in [2.75, 3.05) is 31.6 Å². The Bertz CT molecular complexity index is 295. The zero-order chi connectivity index (χ0) is 10.5. The van der Waals surface area contributed by atoms with E-state index in [9.17, 15) is 0 Å². The molecule has 5 heteroatoms. The Kier molecular flexibility index (Phi) is 3.47. The van der Waals surface area contributed by atoms with E-state index in [1.54, 1.807) is 0 Å². The van der Waals surface area contributed by atoms with Crippen LogP contribution in [0.1, 0.15) is 5.69 Å². The van der Waals surface area contributed by atoms with Gasteiger partial charge >= 0.3 is 0 Å². The normalized spacial score (nSPS) is 21.3. The van der Waals surface area contributed by atoms with Gasteiger partial charge in [0.25, 0.3) is 0 Å². The zero-order valence-electron chi connectivity index (χ0n) is 8.86. The number of nitrogens with zero attached hydrogens (tertiary/aromatic N) is 2. The van der Waals surface area contributed by atoms with E-state index in [2.05, 4.69) is 20.8 Å². The van der Waals surface area contributed by atoms with Gasteiger partial charge in [-0.2, -0.15) is 5.10 Å². The molecule has 1 aliphatic rings. The van der Waals surface area contributed by atoms with Crippen LogP contribution in [0.5, 0.6) is 0 Å². The maximum absolute atomic E-state index is 5.35. The van der Waals surface area contributed by atoms with Crippen LogP contribution in [0.3, 0.4) is 0 Å². The first kappa shape index (κ1) is 10.3. The predicted octanol–water partition coefficient (Wildman–Crippen LogP) is 0.185. The molecule has 1 atom stereocenters. The molecule has 0 radical (unpaired) electrons. The fraction of sp³-hybridized carbons (Fsp3) is 0.600. The quantitative estimate of drug-likeness (QED) is 0.742. The fourth-order valence-electron chi connectivity index (χ4n) is 1.47. The highest BCUT2D eigenvalue weighted by Gasteiger charge is 2.12. The Labute approximate surface area is 89.2 Å². The van der Waals surface area contributed by atoms with Crippen LogP contribution >= 0.6 is 0 Å². The second kappa shape index (κ2) is 5.04. The second-order valence-electron chi connectivity index (χ2n) is 3.67. The Morgan fingerprint density at radius 1 is 1.53 bits per heavy atom. The van der Waals surface area contributed by atoms with Gasteiger partial charge in [-0.3, -0.25) is 0 Å². The Balaban J connectivity index is 1.79. The molecule has 0 amide bonds. The predicted molar refractivity (Wildman–Crippen MR) is 57.9 cm³/mol. The summed E-state index contributed by atoms with van der Waals surface area (Å²) < 4.78 is 5.35. The fourth-order valence-corrected chi connectivity index (χ4v) is 1.47. The zero-order valence-corrected chi connectivity index (χ0v) is 8.86. The van der Waals surface area contributed by atoms with Crippen molar-refractivity contribution in [3.8, 4) is 0 Å². The third-order valence-electron chi connectivity index (χ3n) is 2.33. The SMILES string of the molecule is Cc1ccc(NCC2COCCN2)nn1. The minimum absolute atomic E-state index is 0.363. The average Bonchev–Trinajstić information content (AvgIpc) is 2.30. The minimum Gasteiger partial charge on any atom is -0.378 e. The molecule has 1 aliphatic heterocycles. The summed E-state index contributed by atoms with van der Waals surface area (Å²) >= 11 is 0. The van der Waals surface area contributed by atoms with Crippen LogP contribution in [0.4, 0.5) is 5.82 Å². The number of hydrogen-bond acceptors (Lipinski definition) is 5. The van der Waals surface area contributed by atoms with E-state index in [1.165, 1.54) is 0 Å². The molecule has 1 fully saturated rings. The maximum Gasteiger partial charge on any atom is 0.148 e. The largest absolute Gasteiger partial charge is 0.378 e. The topological polar surface area (TPSA) is 59.1 Å². The molecule has 1 aromatic heterocycles. The molecular weight excluding hydrogens is 192 g/mol. The molecule has 5 nitrogen and oxygen atoms in total. The number of aryl methyl sites for hydroxylation is 1. The van der Waals surface area contributed by atoms with E-state index in [0.717, 1.165) is 37.8 Å². The van der Waals surface area contributed by atoms with Crippen LogP contribution in [-0.4, -0.2) is 42.5 Å². The lowest BCUT2D eigenvalue weighted by molar-refractivity contribution is 0.0806. The molecule has 1 aromatic rings. The van der Waals surface area contributed by atoms with Gasteiger partial charge in [-0.1, -0.05) is 0 Å². The average molecular weight is 208 g/mol. The van der Waals surface area contributed by atoms with Crippen molar-refractivity contribution in [3.63, 3.8) is 0 Å². The van der Waals surface area contributed by atoms with Crippen molar-refractivity contribution in [2.45, 2.75) is 13.0 Å². The first-order chi connectivity index (χ1) is 7.34. The summed E-state index contributed by atoms with van der Waals surface area (Å²) in [7, 11) is 0. The van der Waals surface area contributed by atoms with Gasteiger partial charge in [-0.25, -0.2) is 0 Å². The van der Waals surface area contributed by atoms with Crippen LogP contribution in [0.15, 0.2) is 12.1 Å². The molecule has 1 unspecified atom stereocenters. The van der Waals surface area contributed by atoms with Crippen LogP contribution < -0.4 is 10.6 Å². The van der Waals surface area contributed by atoms with Gasteiger partial charge in [0, 0.05) is 19.1 Å². The van der Waals surface area contributed by atoms with Crippen molar-refractivity contribution in [1.29, 1.82) is 0 Å². The molecule has 0 bridgehead atoms. The van der Waals surface area contributed by atoms with E-state index in [-0.39, 0.29) is 0 Å². The number of aromatic nitrogens is 2. The van der Waals surface area contributed by atoms with Crippen molar-refractivity contribution in [3.05, 3.63) is 17.8 Å². The number of hydrogen-bond donors (Lipinski definition) is 2. The summed E-state index contributed by atoms with van der Waals surface area (Å²) in [6, 6.07) is 4.24. The van der Waals surface area contributed by atoms with Gasteiger partial charge in [-0.15, -0.1) is 5.10 Å². The van der Waals surface area contributed by atoms with Crippen LogP contribution in [-0.2, 0) is 4.74 Å². The maximum atomic E-state index is 5.35. The van der Waals surface area contributed by atoms with Crippen molar-refractivity contribution in [1.82, 2.24) is 15.5 Å². The Hall–Kier alpha value is -1.20. The summed E-state index contributed by atoms with van der Waals surface area (Å²) in [5.74, 6) is 0.813. The van der Waals surface area contributed by atoms with Crippen LogP contribution in [0.2, 0.25) is 0 Å². The number of anilines is 1. The third kappa shape index (κ3) is 3.14. The highest BCUT2D eigenvalue weighted by atomic mass is 16.5. The third-order valence-corrected chi connectivity index (χ3v) is 2.33. The van der Waals surface area contributed by atoms with E-state index < -0.39 is 0 Å². The summed E-state index contributed by atoms with van der Waals surface area (Å²) in [4.78, 5) is 0. The molecule has 2 rings (SSSR count). The van der Waals surface area contributed by atoms with Gasteiger partial charge in [0.15, 0.2) is 0 Å². The Morgan fingerprint density at radius 2 is 2.47 bits per heavy atom. The summed E-state index contributed by atoms with van der Waals surface area (Å²) in [5.41, 5.74) is 0.930. The van der Waals surface area contributed by atoms with E-state index in [0.29, 0.717) is 6.04 Å². The van der Waals surface area contributed by atoms with Crippen LogP contribution in [0, 0.1) is 6.92 Å². The number of morpholine rings is 1. The first-order valence-electron chi connectivity index (χ1n) is 5.20. The standard InChI is InChI=1S/C10H16N4O/c1-8-2-3-10(14-13-8)12-6-9-7-15-5-4-11-9/h2-3,9,11H,4-7H2,1H3,(H,12,14). The number of rotatable bonds is 3. The summed E-state index contributed by atoms with van der Waals surface area (Å²) in [5, 5.41) is 14.6. The highest BCUT2D eigenvalue weighted by molar-refractivity contribution is 5.32. The van der Waals surface area contributed by atoms with Gasteiger partial charge in [-0.05, 0) is 19.1 Å². The van der Waals surface area contributed by atoms with Gasteiger partial charge < -0.3 is 15.4 Å². The minimum atomic E-state index is 0.363. The first-order valence-corrected chi connectivity index (χ1v) is 5.20. The Morgan fingerprint density at radius 3 is 3.13 bits per heavy atom. The van der Waals surface area contributed by atoms with E-state index in [4.69, 9.17) is 4.74 Å². The molecule has 0 spiro atoms. The van der Waals surface area contributed by atoms with Crippen molar-refractivity contribution in [2.24, 2.45) is 0 Å². The monoisotopic (exact) mass is 208 g/mol. The molecule has 0 aliphatic carbocycles. The van der Waals surface area contributed by atoms with Crippen molar-refractivity contribution < 1.29 is 4.74 Å². The summed E-state index contributed by atoms with van der Waals surface area (Å²) in [6.07, 6.45) is 0. The second-order valence-corrected chi connectivity index (χ2v) is 3.67. The van der Waals surface area contributed by atoms with Gasteiger partial charge in [0.05, 0.1) is 18.9 Å². The summed E-state index contributed by atoms with van der Waals surface area (Å²) in [6.45, 7) is 5.23. The van der Waals surface area contributed by atoms with Crippen LogP contribution in [0.25, 0.3) is 0 Å². The smallest absolute Gasteiger partial charge is 0.148 e. The van der Waals surface area contributed by atoms with E-state index in [1.807, 2.05) is 19.1 Å². The molecular formula is C10H16N4O. The lowest BCUT2D eigenvalue weighted by Crippen LogP contribution is -2.45. The van der Waals surface area contributed by atoms with Gasteiger partial charge in [0.1, 0.15) is 5.82 Å². The highest BCUT2D eigenvalue weighted by Crippen LogP contribution is 2.01. The lowest BCUT2D eigenvalue weighted by atomic mass is 10.3. The molecule has 15 heavy (non-hydrogen) atoms. The molecule has 0 saturated carbocycles. The molecule has 2 N–H and O–H groups in total. The molecule has 82 valence electrons. The van der Waals surface area contributed by atoms with Gasteiger partial charge in [0.2, 0.25) is 0 Å². The molecule has 2 heterocycles. The number of nitrogens with one attached hydrogen (secondary N) is 2. The number of ether oxygens (including phenoxy) is 1. The van der Waals surface area contributed by atoms with Crippen molar-refractivity contribution >= 4 is 5.82 Å². The molecule has 1 saturated heterocycles. The lowest BCUT2D eigenvalue weighted by Gasteiger charge is -2.23. The molecule has 0 aromatic carbocycles. The van der Waals surface area contributed by atoms with E-state index >= 15 is 0 Å².